The van der Waals surface area contributed by atoms with Gasteiger partial charge >= 0.3 is 0 Å². The van der Waals surface area contributed by atoms with Gasteiger partial charge in [0.1, 0.15) is 18.1 Å². The third-order valence-corrected chi connectivity index (χ3v) is 6.49. The zero-order valence-electron chi connectivity index (χ0n) is 20.8. The van der Waals surface area contributed by atoms with Crippen LogP contribution in [0.5, 0.6) is 17.2 Å². The number of carbonyl (C=O) groups is 2. The van der Waals surface area contributed by atoms with Crippen molar-refractivity contribution in [2.45, 2.75) is 32.0 Å². The molecule has 2 aliphatic rings. The number of para-hydroxylation sites is 1. The minimum absolute atomic E-state index is 0.109. The smallest absolute Gasteiger partial charge is 0.258 e. The van der Waals surface area contributed by atoms with E-state index in [0.29, 0.717) is 48.3 Å². The highest BCUT2D eigenvalue weighted by atomic mass is 16.7. The molecule has 3 aromatic rings. The molecule has 1 unspecified atom stereocenters. The fourth-order valence-corrected chi connectivity index (χ4v) is 4.59. The van der Waals surface area contributed by atoms with Crippen molar-refractivity contribution >= 4 is 11.8 Å². The monoisotopic (exact) mass is 506 g/mol. The summed E-state index contributed by atoms with van der Waals surface area (Å²) in [4.78, 5) is 30.6. The summed E-state index contributed by atoms with van der Waals surface area (Å²) in [6, 6.07) is 16.3. The maximum atomic E-state index is 13.7. The van der Waals surface area contributed by atoms with E-state index in [-0.39, 0.29) is 37.8 Å². The second-order valence-corrected chi connectivity index (χ2v) is 9.04. The Labute approximate surface area is 215 Å². The van der Waals surface area contributed by atoms with E-state index in [9.17, 15) is 9.59 Å². The van der Waals surface area contributed by atoms with Crippen molar-refractivity contribution in [1.82, 2.24) is 9.80 Å². The Kier molecular flexibility index (Phi) is 7.60. The van der Waals surface area contributed by atoms with E-state index < -0.39 is 0 Å². The number of carbonyl (C=O) groups excluding carboxylic acids is 2. The third kappa shape index (κ3) is 5.89. The van der Waals surface area contributed by atoms with Crippen LogP contribution < -0.4 is 14.2 Å². The molecule has 37 heavy (non-hydrogen) atoms. The molecule has 5 rings (SSSR count). The van der Waals surface area contributed by atoms with Crippen molar-refractivity contribution in [2.75, 3.05) is 33.6 Å². The van der Waals surface area contributed by atoms with Gasteiger partial charge in [-0.3, -0.25) is 9.59 Å². The SMILES string of the molecule is COc1ccccc1C(=O)N(CC(=O)N(Cc1ccc2c(c1)OCO2)Cc1ccco1)CC1CCCO1. The van der Waals surface area contributed by atoms with Gasteiger partial charge in [0.05, 0.1) is 31.6 Å². The summed E-state index contributed by atoms with van der Waals surface area (Å²) in [5.74, 6) is 1.95. The van der Waals surface area contributed by atoms with Gasteiger partial charge in [-0.1, -0.05) is 18.2 Å². The van der Waals surface area contributed by atoms with Crippen LogP contribution in [0.4, 0.5) is 0 Å². The average Bonchev–Trinajstić information content (AvgIpc) is 3.70. The van der Waals surface area contributed by atoms with E-state index in [1.165, 1.54) is 7.11 Å². The lowest BCUT2D eigenvalue weighted by Gasteiger charge is -2.29. The van der Waals surface area contributed by atoms with Gasteiger partial charge in [0.2, 0.25) is 12.7 Å². The van der Waals surface area contributed by atoms with Crippen molar-refractivity contribution in [3.63, 3.8) is 0 Å². The lowest BCUT2D eigenvalue weighted by Crippen LogP contribution is -2.45. The maximum Gasteiger partial charge on any atom is 0.258 e. The van der Waals surface area contributed by atoms with Gasteiger partial charge in [-0.15, -0.1) is 0 Å². The van der Waals surface area contributed by atoms with E-state index in [1.54, 1.807) is 40.3 Å². The summed E-state index contributed by atoms with van der Waals surface area (Å²) < 4.78 is 27.7. The Morgan fingerprint density at radius 2 is 1.86 bits per heavy atom. The first-order valence-corrected chi connectivity index (χ1v) is 12.3. The van der Waals surface area contributed by atoms with Crippen LogP contribution in [0.3, 0.4) is 0 Å². The molecule has 9 heteroatoms. The Morgan fingerprint density at radius 3 is 2.65 bits per heavy atom. The zero-order valence-corrected chi connectivity index (χ0v) is 20.8. The molecule has 194 valence electrons. The molecule has 0 saturated carbocycles. The van der Waals surface area contributed by atoms with Crippen molar-refractivity contribution in [1.29, 1.82) is 0 Å². The predicted octanol–water partition coefficient (Wildman–Crippen LogP) is 3.87. The van der Waals surface area contributed by atoms with E-state index in [1.807, 2.05) is 30.3 Å². The van der Waals surface area contributed by atoms with Gasteiger partial charge in [-0.05, 0) is 54.8 Å². The van der Waals surface area contributed by atoms with Crippen LogP contribution in [0, 0.1) is 0 Å². The quantitative estimate of drug-likeness (QED) is 0.412. The predicted molar refractivity (Wildman–Crippen MR) is 133 cm³/mol. The van der Waals surface area contributed by atoms with Crippen LogP contribution in [0.25, 0.3) is 0 Å². The summed E-state index contributed by atoms with van der Waals surface area (Å²) in [6.07, 6.45) is 3.24. The van der Waals surface area contributed by atoms with Gasteiger partial charge in [0, 0.05) is 19.7 Å². The van der Waals surface area contributed by atoms with Gasteiger partial charge in [0.15, 0.2) is 11.5 Å². The van der Waals surface area contributed by atoms with Gasteiger partial charge < -0.3 is 33.2 Å². The maximum absolute atomic E-state index is 13.7. The first kappa shape index (κ1) is 24.7. The lowest BCUT2D eigenvalue weighted by atomic mass is 10.1. The van der Waals surface area contributed by atoms with Crippen molar-refractivity contribution < 1.29 is 33.0 Å². The van der Waals surface area contributed by atoms with E-state index in [4.69, 9.17) is 23.4 Å². The standard InChI is InChI=1S/C28H30N2O7/c1-33-24-9-3-2-8-23(24)28(32)30(17-22-7-5-13-35-22)18-27(31)29(16-21-6-4-12-34-21)15-20-10-11-25-26(14-20)37-19-36-25/h2-4,6,8-12,14,22H,5,7,13,15-19H2,1H3. The molecule has 0 bridgehead atoms. The number of nitrogens with zero attached hydrogens (tertiary/aromatic N) is 2. The second kappa shape index (κ2) is 11.4. The third-order valence-electron chi connectivity index (χ3n) is 6.49. The molecule has 3 heterocycles. The first-order valence-electron chi connectivity index (χ1n) is 12.3. The molecular formula is C28H30N2O7. The first-order chi connectivity index (χ1) is 18.1. The number of hydrogen-bond acceptors (Lipinski definition) is 7. The Hall–Kier alpha value is -3.98. The molecule has 0 radical (unpaired) electrons. The molecule has 2 aromatic carbocycles. The zero-order chi connectivity index (χ0) is 25.6. The fourth-order valence-electron chi connectivity index (χ4n) is 4.59. The molecule has 1 aromatic heterocycles. The molecule has 2 amide bonds. The topological polar surface area (TPSA) is 90.7 Å². The number of amides is 2. The second-order valence-electron chi connectivity index (χ2n) is 9.04. The number of rotatable bonds is 10. The molecular weight excluding hydrogens is 476 g/mol. The van der Waals surface area contributed by atoms with Crippen LogP contribution in [0.2, 0.25) is 0 Å². The van der Waals surface area contributed by atoms with Crippen LogP contribution in [-0.4, -0.2) is 61.3 Å². The molecule has 1 saturated heterocycles. The highest BCUT2D eigenvalue weighted by Crippen LogP contribution is 2.33. The van der Waals surface area contributed by atoms with Crippen LogP contribution in [0.15, 0.2) is 65.3 Å². The highest BCUT2D eigenvalue weighted by Gasteiger charge is 2.29. The molecule has 0 aliphatic carbocycles. The normalized spacial score (nSPS) is 16.0. The van der Waals surface area contributed by atoms with E-state index >= 15 is 0 Å². The van der Waals surface area contributed by atoms with Gasteiger partial charge in [-0.2, -0.15) is 0 Å². The largest absolute Gasteiger partial charge is 0.496 e. The van der Waals surface area contributed by atoms with E-state index in [0.717, 1.165) is 18.4 Å². The minimum Gasteiger partial charge on any atom is -0.496 e. The number of benzene rings is 2. The van der Waals surface area contributed by atoms with Crippen molar-refractivity contribution in [3.05, 3.63) is 77.7 Å². The van der Waals surface area contributed by atoms with Gasteiger partial charge in [-0.25, -0.2) is 0 Å². The van der Waals surface area contributed by atoms with Crippen molar-refractivity contribution in [3.8, 4) is 17.2 Å². The summed E-state index contributed by atoms with van der Waals surface area (Å²) in [5, 5.41) is 0. The molecule has 0 N–H and O–H groups in total. The Morgan fingerprint density at radius 1 is 1.00 bits per heavy atom. The lowest BCUT2D eigenvalue weighted by molar-refractivity contribution is -0.133. The number of ether oxygens (including phenoxy) is 4. The number of fused-ring (bicyclic) bond motifs is 1. The molecule has 0 spiro atoms. The average molecular weight is 507 g/mol. The summed E-state index contributed by atoms with van der Waals surface area (Å²) in [7, 11) is 1.53. The van der Waals surface area contributed by atoms with E-state index in [2.05, 4.69) is 0 Å². The number of methoxy groups -OCH3 is 1. The van der Waals surface area contributed by atoms with Crippen LogP contribution in [-0.2, 0) is 22.6 Å². The number of furan rings is 1. The van der Waals surface area contributed by atoms with Crippen LogP contribution in [0.1, 0.15) is 34.5 Å². The fraction of sp³-hybridized carbons (Fsp3) is 0.357. The Balaban J connectivity index is 1.38. The highest BCUT2D eigenvalue weighted by molar-refractivity contribution is 5.98. The molecule has 1 atom stereocenters. The Bertz CT molecular complexity index is 1220. The molecule has 2 aliphatic heterocycles. The molecule has 1 fully saturated rings. The minimum atomic E-state index is -0.276. The van der Waals surface area contributed by atoms with Crippen molar-refractivity contribution in [2.24, 2.45) is 0 Å². The summed E-state index contributed by atoms with van der Waals surface area (Å²) >= 11 is 0. The summed E-state index contributed by atoms with van der Waals surface area (Å²) in [6.45, 7) is 1.62. The summed E-state index contributed by atoms with van der Waals surface area (Å²) in [5.41, 5.74) is 1.29. The molecule has 9 nitrogen and oxygen atoms in total. The van der Waals surface area contributed by atoms with Gasteiger partial charge in [0.25, 0.3) is 5.91 Å². The number of hydrogen-bond donors (Lipinski definition) is 0. The van der Waals surface area contributed by atoms with Crippen LogP contribution >= 0.6 is 0 Å².